The highest BCUT2D eigenvalue weighted by atomic mass is 35.5. The normalized spacial score (nSPS) is 17.5. The standard InChI is InChI=1S/C15H23ClN2O3/c1-20-13-4-3-11(14(16)15(13)21-2)12(5-10-19)18-8-6-17-7-9-18/h3-4,12,17,19H,5-10H2,1-2H3/t12-/m0/s1. The fraction of sp³-hybridized carbons (Fsp3) is 0.600. The van der Waals surface area contributed by atoms with E-state index in [1.165, 1.54) is 0 Å². The number of aliphatic hydroxyl groups excluding tert-OH is 1. The molecule has 2 N–H and O–H groups in total. The number of nitrogens with one attached hydrogen (secondary N) is 1. The van der Waals surface area contributed by atoms with Crippen molar-refractivity contribution in [2.75, 3.05) is 47.0 Å². The van der Waals surface area contributed by atoms with Crippen LogP contribution in [0.25, 0.3) is 0 Å². The number of aliphatic hydroxyl groups is 1. The van der Waals surface area contributed by atoms with Crippen LogP contribution in [0.1, 0.15) is 18.0 Å². The van der Waals surface area contributed by atoms with E-state index in [9.17, 15) is 5.11 Å². The van der Waals surface area contributed by atoms with E-state index in [2.05, 4.69) is 10.2 Å². The number of halogens is 1. The molecule has 21 heavy (non-hydrogen) atoms. The maximum absolute atomic E-state index is 9.41. The van der Waals surface area contributed by atoms with E-state index in [0.717, 1.165) is 31.7 Å². The molecule has 1 aromatic carbocycles. The van der Waals surface area contributed by atoms with Crippen molar-refractivity contribution in [3.8, 4) is 11.5 Å². The molecule has 1 fully saturated rings. The lowest BCUT2D eigenvalue weighted by atomic mass is 10.0. The summed E-state index contributed by atoms with van der Waals surface area (Å²) in [5.41, 5.74) is 0.977. The molecule has 2 rings (SSSR count). The van der Waals surface area contributed by atoms with E-state index in [-0.39, 0.29) is 12.6 Å². The van der Waals surface area contributed by atoms with Crippen molar-refractivity contribution < 1.29 is 14.6 Å². The van der Waals surface area contributed by atoms with Crippen molar-refractivity contribution in [2.24, 2.45) is 0 Å². The van der Waals surface area contributed by atoms with Gasteiger partial charge in [-0.3, -0.25) is 4.90 Å². The van der Waals surface area contributed by atoms with Crippen LogP contribution in [-0.4, -0.2) is 57.0 Å². The number of methoxy groups -OCH3 is 2. The zero-order valence-electron chi connectivity index (χ0n) is 12.6. The molecule has 1 saturated heterocycles. The highest BCUT2D eigenvalue weighted by Gasteiger charge is 2.26. The minimum Gasteiger partial charge on any atom is -0.493 e. The SMILES string of the molecule is COc1ccc([C@H](CCO)N2CCNCC2)c(Cl)c1OC. The van der Waals surface area contributed by atoms with Gasteiger partial charge in [0.1, 0.15) is 0 Å². The van der Waals surface area contributed by atoms with Crippen LogP contribution >= 0.6 is 11.6 Å². The Morgan fingerprint density at radius 1 is 1.29 bits per heavy atom. The van der Waals surface area contributed by atoms with Gasteiger partial charge >= 0.3 is 0 Å². The summed E-state index contributed by atoms with van der Waals surface area (Å²) in [5, 5.41) is 13.3. The van der Waals surface area contributed by atoms with Crippen LogP contribution in [0, 0.1) is 0 Å². The summed E-state index contributed by atoms with van der Waals surface area (Å²) in [5.74, 6) is 1.17. The zero-order valence-corrected chi connectivity index (χ0v) is 13.3. The third kappa shape index (κ3) is 3.61. The van der Waals surface area contributed by atoms with E-state index in [1.807, 2.05) is 12.1 Å². The molecule has 118 valence electrons. The molecule has 0 amide bonds. The van der Waals surface area contributed by atoms with E-state index < -0.39 is 0 Å². The van der Waals surface area contributed by atoms with Gasteiger partial charge in [0.15, 0.2) is 11.5 Å². The van der Waals surface area contributed by atoms with Gasteiger partial charge < -0.3 is 19.9 Å². The van der Waals surface area contributed by atoms with E-state index in [1.54, 1.807) is 14.2 Å². The van der Waals surface area contributed by atoms with Crippen LogP contribution in [0.2, 0.25) is 5.02 Å². The lowest BCUT2D eigenvalue weighted by molar-refractivity contribution is 0.141. The Morgan fingerprint density at radius 3 is 2.57 bits per heavy atom. The Kier molecular flexibility index (Phi) is 6.11. The number of nitrogens with zero attached hydrogens (tertiary/aromatic N) is 1. The second-order valence-electron chi connectivity index (χ2n) is 5.02. The second-order valence-corrected chi connectivity index (χ2v) is 5.40. The predicted octanol–water partition coefficient (Wildman–Crippen LogP) is 1.69. The monoisotopic (exact) mass is 314 g/mol. The number of hydrogen-bond donors (Lipinski definition) is 2. The lowest BCUT2D eigenvalue weighted by Crippen LogP contribution is -2.45. The summed E-state index contributed by atoms with van der Waals surface area (Å²) in [6.07, 6.45) is 0.648. The summed E-state index contributed by atoms with van der Waals surface area (Å²) < 4.78 is 10.6. The van der Waals surface area contributed by atoms with Gasteiger partial charge in [-0.25, -0.2) is 0 Å². The second kappa shape index (κ2) is 7.84. The zero-order chi connectivity index (χ0) is 15.2. The molecule has 0 spiro atoms. The van der Waals surface area contributed by atoms with Gasteiger partial charge in [0.25, 0.3) is 0 Å². The van der Waals surface area contributed by atoms with Crippen LogP contribution in [0.4, 0.5) is 0 Å². The van der Waals surface area contributed by atoms with Crippen LogP contribution in [0.5, 0.6) is 11.5 Å². The Balaban J connectivity index is 2.35. The first kappa shape index (κ1) is 16.4. The molecular formula is C15H23ClN2O3. The van der Waals surface area contributed by atoms with Gasteiger partial charge in [-0.05, 0) is 18.1 Å². The summed E-state index contributed by atoms with van der Waals surface area (Å²) in [4.78, 5) is 2.35. The summed E-state index contributed by atoms with van der Waals surface area (Å²) >= 11 is 6.51. The fourth-order valence-corrected chi connectivity index (χ4v) is 3.17. The third-order valence-corrected chi connectivity index (χ3v) is 4.26. The summed E-state index contributed by atoms with van der Waals surface area (Å²) in [7, 11) is 3.18. The molecule has 0 saturated carbocycles. The van der Waals surface area contributed by atoms with Crippen molar-refractivity contribution in [3.05, 3.63) is 22.7 Å². The highest BCUT2D eigenvalue weighted by Crippen LogP contribution is 2.41. The van der Waals surface area contributed by atoms with Gasteiger partial charge in [-0.15, -0.1) is 0 Å². The molecule has 1 aliphatic rings. The van der Waals surface area contributed by atoms with Gasteiger partial charge in [0.2, 0.25) is 0 Å². The first-order valence-corrected chi connectivity index (χ1v) is 7.56. The Labute approximate surface area is 130 Å². The number of benzene rings is 1. The van der Waals surface area contributed by atoms with Crippen molar-refractivity contribution in [1.29, 1.82) is 0 Å². The first-order valence-electron chi connectivity index (χ1n) is 7.19. The molecule has 1 aliphatic heterocycles. The van der Waals surface area contributed by atoms with Crippen LogP contribution in [-0.2, 0) is 0 Å². The molecule has 1 aromatic rings. The van der Waals surface area contributed by atoms with E-state index in [4.69, 9.17) is 21.1 Å². The predicted molar refractivity (Wildman–Crippen MR) is 83.4 cm³/mol. The van der Waals surface area contributed by atoms with Gasteiger partial charge in [-0.2, -0.15) is 0 Å². The quantitative estimate of drug-likeness (QED) is 0.837. The molecule has 0 aliphatic carbocycles. The smallest absolute Gasteiger partial charge is 0.179 e. The maximum Gasteiger partial charge on any atom is 0.179 e. The molecule has 6 heteroatoms. The van der Waals surface area contributed by atoms with Gasteiger partial charge in [0, 0.05) is 38.8 Å². The van der Waals surface area contributed by atoms with Crippen molar-refractivity contribution in [1.82, 2.24) is 10.2 Å². The van der Waals surface area contributed by atoms with Crippen molar-refractivity contribution in [3.63, 3.8) is 0 Å². The minimum absolute atomic E-state index is 0.0874. The molecule has 0 radical (unpaired) electrons. The largest absolute Gasteiger partial charge is 0.493 e. The maximum atomic E-state index is 9.41. The Morgan fingerprint density at radius 2 is 2.00 bits per heavy atom. The molecule has 0 bridgehead atoms. The summed E-state index contributed by atoms with van der Waals surface area (Å²) in [6.45, 7) is 3.91. The number of hydrogen-bond acceptors (Lipinski definition) is 5. The molecule has 0 aromatic heterocycles. The number of ether oxygens (including phenoxy) is 2. The molecular weight excluding hydrogens is 292 g/mol. The van der Waals surface area contributed by atoms with Gasteiger partial charge in [-0.1, -0.05) is 17.7 Å². The minimum atomic E-state index is 0.0874. The molecule has 1 atom stereocenters. The van der Waals surface area contributed by atoms with Crippen molar-refractivity contribution in [2.45, 2.75) is 12.5 Å². The number of piperazine rings is 1. The lowest BCUT2D eigenvalue weighted by Gasteiger charge is -2.35. The summed E-state index contributed by atoms with van der Waals surface area (Å²) in [6, 6.07) is 3.92. The van der Waals surface area contributed by atoms with Crippen LogP contribution in [0.3, 0.4) is 0 Å². The fourth-order valence-electron chi connectivity index (χ4n) is 2.81. The highest BCUT2D eigenvalue weighted by molar-refractivity contribution is 6.33. The number of rotatable bonds is 6. The van der Waals surface area contributed by atoms with Gasteiger partial charge in [0.05, 0.1) is 19.2 Å². The van der Waals surface area contributed by atoms with E-state index in [0.29, 0.717) is 22.9 Å². The van der Waals surface area contributed by atoms with E-state index >= 15 is 0 Å². The van der Waals surface area contributed by atoms with Crippen LogP contribution < -0.4 is 14.8 Å². The molecule has 1 heterocycles. The Bertz CT molecular complexity index is 464. The molecule has 0 unspecified atom stereocenters. The molecule has 5 nitrogen and oxygen atoms in total. The average Bonchev–Trinajstić information content (AvgIpc) is 2.53. The first-order chi connectivity index (χ1) is 10.2. The third-order valence-electron chi connectivity index (χ3n) is 3.87. The average molecular weight is 315 g/mol. The van der Waals surface area contributed by atoms with Crippen LogP contribution in [0.15, 0.2) is 12.1 Å². The van der Waals surface area contributed by atoms with Crippen molar-refractivity contribution >= 4 is 11.6 Å². The topological polar surface area (TPSA) is 54.0 Å². The Hall–Kier alpha value is -1.01.